The SMILES string of the molecule is C[C@]12CCC3c4ccc(Cl)cc4CCC3C1[C@H](CCC(=O)Nc1cc3c([nH]c1=O)CCCC3)/C(=C/O)C2=O. The number of allylic oxidation sites excluding steroid dienone is 1. The fraction of sp³-hybridized carbons (Fsp3) is 0.516. The Morgan fingerprint density at radius 3 is 2.79 bits per heavy atom. The number of H-pyrrole nitrogens is 1. The first-order chi connectivity index (χ1) is 18.3. The van der Waals surface area contributed by atoms with Crippen molar-refractivity contribution in [1.29, 1.82) is 0 Å². The van der Waals surface area contributed by atoms with Crippen molar-refractivity contribution in [2.75, 3.05) is 5.32 Å². The number of aromatic nitrogens is 1. The molecule has 38 heavy (non-hydrogen) atoms. The molecular weight excluding hydrogens is 500 g/mol. The van der Waals surface area contributed by atoms with Crippen LogP contribution in [-0.2, 0) is 28.9 Å². The Hall–Kier alpha value is -2.86. The van der Waals surface area contributed by atoms with Crippen molar-refractivity contribution in [3.8, 4) is 0 Å². The molecule has 0 aliphatic heterocycles. The summed E-state index contributed by atoms with van der Waals surface area (Å²) in [4.78, 5) is 42.1. The third kappa shape index (κ3) is 4.12. The van der Waals surface area contributed by atoms with Gasteiger partial charge in [-0.3, -0.25) is 14.4 Å². The number of aryl methyl sites for hydroxylation is 3. The molecule has 1 amide bonds. The number of Topliss-reactive ketones (excluding diaryl/α,β-unsaturated/α-hetero) is 1. The monoisotopic (exact) mass is 534 g/mol. The number of amides is 1. The molecule has 0 radical (unpaired) electrons. The molecule has 6 nitrogen and oxygen atoms in total. The second-order valence-electron chi connectivity index (χ2n) is 12.0. The fourth-order valence-corrected chi connectivity index (χ4v) is 8.45. The number of carbonyl (C=O) groups excluding carboxylic acids is 2. The predicted molar refractivity (Wildman–Crippen MR) is 148 cm³/mol. The van der Waals surface area contributed by atoms with Crippen molar-refractivity contribution in [3.63, 3.8) is 0 Å². The number of halogens is 1. The van der Waals surface area contributed by atoms with Crippen molar-refractivity contribution < 1.29 is 14.7 Å². The van der Waals surface area contributed by atoms with E-state index >= 15 is 0 Å². The summed E-state index contributed by atoms with van der Waals surface area (Å²) in [6.07, 6.45) is 9.15. The molecule has 1 aromatic carbocycles. The third-order valence-electron chi connectivity index (χ3n) is 9.99. The second kappa shape index (κ2) is 9.71. The van der Waals surface area contributed by atoms with E-state index in [0.29, 0.717) is 29.5 Å². The second-order valence-corrected chi connectivity index (χ2v) is 12.4. The van der Waals surface area contributed by atoms with Crippen LogP contribution in [0, 0.1) is 23.2 Å². The summed E-state index contributed by atoms with van der Waals surface area (Å²) in [5, 5.41) is 13.7. The number of fused-ring (bicyclic) bond motifs is 6. The minimum Gasteiger partial charge on any atom is -0.515 e. The molecule has 2 aromatic rings. The molecule has 5 atom stereocenters. The van der Waals surface area contributed by atoms with Crippen LogP contribution in [0.4, 0.5) is 5.69 Å². The molecule has 0 saturated heterocycles. The minimum absolute atomic E-state index is 0.0295. The molecule has 2 saturated carbocycles. The lowest BCUT2D eigenvalue weighted by molar-refractivity contribution is -0.127. The maximum absolute atomic E-state index is 13.6. The first-order valence-electron chi connectivity index (χ1n) is 14.0. The van der Waals surface area contributed by atoms with Gasteiger partial charge in [0.05, 0.1) is 6.26 Å². The van der Waals surface area contributed by atoms with Crippen molar-refractivity contribution in [2.24, 2.45) is 23.2 Å². The van der Waals surface area contributed by atoms with Crippen molar-refractivity contribution in [1.82, 2.24) is 4.98 Å². The Kier molecular flexibility index (Phi) is 6.50. The molecule has 7 heteroatoms. The molecule has 0 spiro atoms. The number of benzene rings is 1. The molecule has 3 unspecified atom stereocenters. The number of nitrogens with one attached hydrogen (secondary N) is 2. The summed E-state index contributed by atoms with van der Waals surface area (Å²) in [7, 11) is 0. The fourth-order valence-electron chi connectivity index (χ4n) is 8.26. The maximum atomic E-state index is 13.6. The van der Waals surface area contributed by atoms with E-state index in [-0.39, 0.29) is 35.5 Å². The largest absolute Gasteiger partial charge is 0.515 e. The Morgan fingerprint density at radius 2 is 1.97 bits per heavy atom. The highest BCUT2D eigenvalue weighted by Gasteiger charge is 2.60. The van der Waals surface area contributed by atoms with E-state index in [1.807, 2.05) is 12.1 Å². The van der Waals surface area contributed by atoms with Gasteiger partial charge < -0.3 is 15.4 Å². The lowest BCUT2D eigenvalue weighted by Gasteiger charge is -2.49. The maximum Gasteiger partial charge on any atom is 0.271 e. The Bertz CT molecular complexity index is 1390. The molecule has 3 N–H and O–H groups in total. The zero-order valence-corrected chi connectivity index (χ0v) is 22.6. The van der Waals surface area contributed by atoms with E-state index in [2.05, 4.69) is 29.4 Å². The van der Waals surface area contributed by atoms with Gasteiger partial charge in [-0.15, -0.1) is 0 Å². The standard InChI is InChI=1S/C31H35ClN2O4/c1-31-13-12-21-20-9-7-19(32)14-17(20)6-8-22(21)28(31)23(24(16-35)29(31)37)10-11-27(36)33-26-15-18-4-2-3-5-25(18)34-30(26)38/h7,9,14-16,21-23,28,35H,2-6,8,10-13H2,1H3,(H,33,36)(H,34,38)/b24-16-/t21?,22?,23-,28?,31+/m1/s1. The quantitative estimate of drug-likeness (QED) is 0.329. The topological polar surface area (TPSA) is 99.3 Å². The Morgan fingerprint density at radius 1 is 1.16 bits per heavy atom. The van der Waals surface area contributed by atoms with Crippen LogP contribution in [0.2, 0.25) is 5.02 Å². The number of aliphatic hydroxyl groups is 1. The lowest BCUT2D eigenvalue weighted by Crippen LogP contribution is -2.44. The van der Waals surface area contributed by atoms with Gasteiger partial charge in [0.15, 0.2) is 5.78 Å². The predicted octanol–water partition coefficient (Wildman–Crippen LogP) is 6.03. The zero-order chi connectivity index (χ0) is 26.6. The summed E-state index contributed by atoms with van der Waals surface area (Å²) in [5.74, 6) is 0.329. The summed E-state index contributed by atoms with van der Waals surface area (Å²) in [6, 6.07) is 8.00. The van der Waals surface area contributed by atoms with E-state index < -0.39 is 5.41 Å². The molecule has 2 fully saturated rings. The van der Waals surface area contributed by atoms with Gasteiger partial charge in [0.1, 0.15) is 5.69 Å². The number of rotatable bonds is 4. The molecule has 4 aliphatic carbocycles. The van der Waals surface area contributed by atoms with Gasteiger partial charge in [0.2, 0.25) is 5.91 Å². The highest BCUT2D eigenvalue weighted by atomic mass is 35.5. The lowest BCUT2D eigenvalue weighted by atomic mass is 9.54. The van der Waals surface area contributed by atoms with Gasteiger partial charge in [-0.1, -0.05) is 24.6 Å². The molecule has 6 rings (SSSR count). The van der Waals surface area contributed by atoms with Crippen LogP contribution in [0.25, 0.3) is 0 Å². The van der Waals surface area contributed by atoms with Crippen LogP contribution in [0.15, 0.2) is 40.9 Å². The number of anilines is 1. The summed E-state index contributed by atoms with van der Waals surface area (Å²) in [5.41, 5.74) is 4.66. The van der Waals surface area contributed by atoms with Crippen molar-refractivity contribution in [3.05, 3.63) is 73.9 Å². The third-order valence-corrected chi connectivity index (χ3v) is 10.2. The number of carbonyl (C=O) groups is 2. The molecule has 4 aliphatic rings. The van der Waals surface area contributed by atoms with Crippen LogP contribution in [0.1, 0.15) is 80.2 Å². The van der Waals surface area contributed by atoms with Crippen molar-refractivity contribution in [2.45, 2.75) is 77.0 Å². The first-order valence-corrected chi connectivity index (χ1v) is 14.4. The van der Waals surface area contributed by atoms with Gasteiger partial charge in [-0.25, -0.2) is 0 Å². The van der Waals surface area contributed by atoms with Crippen LogP contribution in [-0.4, -0.2) is 21.8 Å². The highest BCUT2D eigenvalue weighted by Crippen LogP contribution is 2.63. The Labute approximate surface area is 227 Å². The summed E-state index contributed by atoms with van der Waals surface area (Å²) < 4.78 is 0. The van der Waals surface area contributed by atoms with Gasteiger partial charge in [-0.2, -0.15) is 0 Å². The van der Waals surface area contributed by atoms with Crippen LogP contribution >= 0.6 is 11.6 Å². The van der Waals surface area contributed by atoms with Gasteiger partial charge >= 0.3 is 0 Å². The number of hydrogen-bond acceptors (Lipinski definition) is 4. The molecule has 200 valence electrons. The van der Waals surface area contributed by atoms with Gasteiger partial charge in [0.25, 0.3) is 5.56 Å². The first kappa shape index (κ1) is 25.4. The van der Waals surface area contributed by atoms with E-state index in [1.54, 1.807) is 0 Å². The number of aliphatic hydroxyl groups excluding tert-OH is 1. The molecular formula is C31H35ClN2O4. The average Bonchev–Trinajstić information content (AvgIpc) is 3.13. The molecule has 1 aromatic heterocycles. The average molecular weight is 535 g/mol. The van der Waals surface area contributed by atoms with Crippen LogP contribution < -0.4 is 10.9 Å². The zero-order valence-electron chi connectivity index (χ0n) is 21.8. The summed E-state index contributed by atoms with van der Waals surface area (Å²) in [6.45, 7) is 2.06. The number of hydrogen-bond donors (Lipinski definition) is 3. The number of ketones is 1. The molecule has 0 bridgehead atoms. The van der Waals surface area contributed by atoms with Gasteiger partial charge in [0, 0.05) is 28.1 Å². The van der Waals surface area contributed by atoms with Crippen molar-refractivity contribution >= 4 is 29.0 Å². The van der Waals surface area contributed by atoms with E-state index in [4.69, 9.17) is 11.6 Å². The number of pyridine rings is 1. The number of aromatic amines is 1. The smallest absolute Gasteiger partial charge is 0.271 e. The van der Waals surface area contributed by atoms with Gasteiger partial charge in [-0.05, 0) is 116 Å². The van der Waals surface area contributed by atoms with E-state index in [0.717, 1.165) is 73.9 Å². The van der Waals surface area contributed by atoms with E-state index in [1.165, 1.54) is 11.1 Å². The van der Waals surface area contributed by atoms with Crippen LogP contribution in [0.5, 0.6) is 0 Å². The Balaban J connectivity index is 1.23. The summed E-state index contributed by atoms with van der Waals surface area (Å²) >= 11 is 6.28. The highest BCUT2D eigenvalue weighted by molar-refractivity contribution is 6.30. The van der Waals surface area contributed by atoms with Crippen LogP contribution in [0.3, 0.4) is 0 Å². The normalized spacial score (nSPS) is 30.8. The molecule has 1 heterocycles. The van der Waals surface area contributed by atoms with E-state index in [9.17, 15) is 19.5 Å². The minimum atomic E-state index is -0.531.